The lowest BCUT2D eigenvalue weighted by Crippen LogP contribution is -2.22. The van der Waals surface area contributed by atoms with Crippen molar-refractivity contribution in [3.8, 4) is 0 Å². The number of ether oxygens (including phenoxy) is 1. The summed E-state index contributed by atoms with van der Waals surface area (Å²) in [6, 6.07) is 9.02. The number of nitrogens with zero attached hydrogens (tertiary/aromatic N) is 1. The van der Waals surface area contributed by atoms with E-state index in [9.17, 15) is 22.8 Å². The fourth-order valence-electron chi connectivity index (χ4n) is 2.87. The van der Waals surface area contributed by atoms with Crippen molar-refractivity contribution in [1.29, 1.82) is 0 Å². The van der Waals surface area contributed by atoms with E-state index in [4.69, 9.17) is 0 Å². The first-order valence-electron chi connectivity index (χ1n) is 8.71. The third-order valence-electron chi connectivity index (χ3n) is 4.47. The zero-order chi connectivity index (χ0) is 21.2. The van der Waals surface area contributed by atoms with Gasteiger partial charge in [-0.1, -0.05) is 12.1 Å². The number of rotatable bonds is 5. The average Bonchev–Trinajstić information content (AvgIpc) is 2.70. The maximum absolute atomic E-state index is 12.9. The number of esters is 1. The van der Waals surface area contributed by atoms with Crippen LogP contribution in [-0.4, -0.2) is 23.0 Å². The summed E-state index contributed by atoms with van der Waals surface area (Å²) in [4.78, 5) is 30.9. The summed E-state index contributed by atoms with van der Waals surface area (Å²) >= 11 is 0. The Labute approximate surface area is 163 Å². The first-order chi connectivity index (χ1) is 13.7. The van der Waals surface area contributed by atoms with Crippen LogP contribution in [0.5, 0.6) is 0 Å². The summed E-state index contributed by atoms with van der Waals surface area (Å²) in [6.45, 7) is 1.83. The molecule has 3 rings (SSSR count). The van der Waals surface area contributed by atoms with Crippen molar-refractivity contribution in [3.05, 3.63) is 75.3 Å². The van der Waals surface area contributed by atoms with Crippen LogP contribution in [0, 0.1) is 0 Å². The number of aromatic nitrogens is 2. The maximum Gasteiger partial charge on any atom is 0.416 e. The van der Waals surface area contributed by atoms with Crippen LogP contribution in [0.3, 0.4) is 0 Å². The number of carbonyl (C=O) groups excluding carboxylic acids is 1. The molecule has 0 spiro atoms. The van der Waals surface area contributed by atoms with E-state index >= 15 is 0 Å². The van der Waals surface area contributed by atoms with Gasteiger partial charge in [-0.05, 0) is 42.8 Å². The Hall–Kier alpha value is -3.20. The predicted octanol–water partition coefficient (Wildman–Crippen LogP) is 3.58. The second kappa shape index (κ2) is 8.04. The van der Waals surface area contributed by atoms with Crippen LogP contribution in [0.4, 0.5) is 13.2 Å². The lowest BCUT2D eigenvalue weighted by Gasteiger charge is -2.16. The van der Waals surface area contributed by atoms with Gasteiger partial charge in [0.2, 0.25) is 0 Å². The number of hydrogen-bond acceptors (Lipinski definition) is 5. The predicted molar refractivity (Wildman–Crippen MR) is 100 cm³/mol. The van der Waals surface area contributed by atoms with Gasteiger partial charge in [-0.3, -0.25) is 4.79 Å². The first kappa shape index (κ1) is 20.5. The molecule has 3 aromatic rings. The average molecular weight is 405 g/mol. The Kier molecular flexibility index (Phi) is 5.69. The fraction of sp³-hybridized carbons (Fsp3) is 0.250. The van der Waals surface area contributed by atoms with E-state index in [1.807, 2.05) is 0 Å². The van der Waals surface area contributed by atoms with Gasteiger partial charge in [-0.25, -0.2) is 9.78 Å². The highest BCUT2D eigenvalue weighted by atomic mass is 19.4. The van der Waals surface area contributed by atoms with Crippen molar-refractivity contribution in [3.63, 3.8) is 0 Å². The Balaban J connectivity index is 1.81. The van der Waals surface area contributed by atoms with Crippen LogP contribution in [0.25, 0.3) is 10.9 Å². The lowest BCUT2D eigenvalue weighted by molar-refractivity contribution is -0.137. The quantitative estimate of drug-likeness (QED) is 0.634. The molecule has 0 fully saturated rings. The number of H-pyrrole nitrogens is 1. The minimum atomic E-state index is -4.42. The molecule has 2 aromatic carbocycles. The Bertz CT molecular complexity index is 1110. The smallest absolute Gasteiger partial charge is 0.416 e. The summed E-state index contributed by atoms with van der Waals surface area (Å²) in [6.07, 6.45) is -4.42. The normalized spacial score (nSPS) is 12.7. The number of methoxy groups -OCH3 is 1. The van der Waals surface area contributed by atoms with E-state index in [-0.39, 0.29) is 17.7 Å². The monoisotopic (exact) mass is 405 g/mol. The number of nitrogens with one attached hydrogen (secondary N) is 2. The molecule has 6 nitrogen and oxygen atoms in total. The van der Waals surface area contributed by atoms with Crippen LogP contribution >= 0.6 is 0 Å². The van der Waals surface area contributed by atoms with Crippen LogP contribution in [0.2, 0.25) is 0 Å². The topological polar surface area (TPSA) is 84.1 Å². The van der Waals surface area contributed by atoms with Gasteiger partial charge < -0.3 is 15.0 Å². The number of halogens is 3. The molecule has 0 radical (unpaired) electrons. The van der Waals surface area contributed by atoms with E-state index in [1.165, 1.54) is 31.4 Å². The molecule has 0 bridgehead atoms. The Morgan fingerprint density at radius 2 is 2.00 bits per heavy atom. The Morgan fingerprint density at radius 1 is 1.24 bits per heavy atom. The van der Waals surface area contributed by atoms with Crippen LogP contribution in [-0.2, 0) is 17.5 Å². The van der Waals surface area contributed by atoms with Crippen molar-refractivity contribution in [2.24, 2.45) is 0 Å². The zero-order valence-corrected chi connectivity index (χ0v) is 15.6. The zero-order valence-electron chi connectivity index (χ0n) is 15.6. The van der Waals surface area contributed by atoms with Crippen molar-refractivity contribution >= 4 is 16.9 Å². The Morgan fingerprint density at radius 3 is 2.69 bits per heavy atom. The molecule has 0 saturated carbocycles. The van der Waals surface area contributed by atoms with Crippen LogP contribution in [0.15, 0.2) is 47.3 Å². The fourth-order valence-corrected chi connectivity index (χ4v) is 2.87. The molecular formula is C20H18F3N3O3. The summed E-state index contributed by atoms with van der Waals surface area (Å²) in [5, 5.41) is 3.36. The van der Waals surface area contributed by atoms with Gasteiger partial charge in [0.05, 0.1) is 35.7 Å². The molecule has 152 valence electrons. The first-order valence-corrected chi connectivity index (χ1v) is 8.71. The van der Waals surface area contributed by atoms with E-state index in [1.54, 1.807) is 13.0 Å². The number of carbonyl (C=O) groups is 1. The molecule has 29 heavy (non-hydrogen) atoms. The minimum Gasteiger partial charge on any atom is -0.465 e. The van der Waals surface area contributed by atoms with Crippen molar-refractivity contribution < 1.29 is 22.7 Å². The number of fused-ring (bicyclic) bond motifs is 1. The summed E-state index contributed by atoms with van der Waals surface area (Å²) < 4.78 is 43.3. The number of benzene rings is 2. The molecule has 0 unspecified atom stereocenters. The van der Waals surface area contributed by atoms with E-state index < -0.39 is 23.8 Å². The summed E-state index contributed by atoms with van der Waals surface area (Å²) in [7, 11) is 1.25. The van der Waals surface area contributed by atoms with Crippen molar-refractivity contribution in [2.45, 2.75) is 25.7 Å². The highest BCUT2D eigenvalue weighted by Crippen LogP contribution is 2.30. The SMILES string of the molecule is COC(=O)c1ccc2c(=O)[nH]c(CN[C@@H](C)c3cccc(C(F)(F)F)c3)nc2c1. The molecule has 0 amide bonds. The third kappa shape index (κ3) is 4.62. The second-order valence-electron chi connectivity index (χ2n) is 6.46. The van der Waals surface area contributed by atoms with Crippen LogP contribution < -0.4 is 10.9 Å². The molecule has 9 heteroatoms. The highest BCUT2D eigenvalue weighted by Gasteiger charge is 2.30. The molecule has 0 aliphatic rings. The summed E-state index contributed by atoms with van der Waals surface area (Å²) in [5.74, 6) is -0.254. The van der Waals surface area contributed by atoms with Gasteiger partial charge >= 0.3 is 12.1 Å². The van der Waals surface area contributed by atoms with Gasteiger partial charge in [-0.15, -0.1) is 0 Å². The largest absolute Gasteiger partial charge is 0.465 e. The molecule has 1 atom stereocenters. The van der Waals surface area contributed by atoms with Gasteiger partial charge in [0, 0.05) is 6.04 Å². The number of alkyl halides is 3. The van der Waals surface area contributed by atoms with Gasteiger partial charge in [-0.2, -0.15) is 13.2 Å². The molecule has 1 aromatic heterocycles. The molecule has 0 saturated heterocycles. The van der Waals surface area contributed by atoms with E-state index in [0.717, 1.165) is 12.1 Å². The number of aromatic amines is 1. The minimum absolute atomic E-state index is 0.116. The molecule has 1 heterocycles. The second-order valence-corrected chi connectivity index (χ2v) is 6.46. The van der Waals surface area contributed by atoms with Crippen molar-refractivity contribution in [2.75, 3.05) is 7.11 Å². The summed E-state index contributed by atoms with van der Waals surface area (Å²) in [5.41, 5.74) is -0.0726. The van der Waals surface area contributed by atoms with E-state index in [0.29, 0.717) is 22.3 Å². The molecule has 2 N–H and O–H groups in total. The van der Waals surface area contributed by atoms with E-state index in [2.05, 4.69) is 20.0 Å². The van der Waals surface area contributed by atoms with Crippen molar-refractivity contribution in [1.82, 2.24) is 15.3 Å². The number of hydrogen-bond donors (Lipinski definition) is 2. The molecule has 0 aliphatic heterocycles. The standard InChI is InChI=1S/C20H18F3N3O3/c1-11(12-4-3-5-14(8-12)20(21,22)23)24-10-17-25-16-9-13(19(28)29-2)6-7-15(16)18(27)26-17/h3-9,11,24H,10H2,1-2H3,(H,25,26,27)/t11-/m0/s1. The molecule has 0 aliphatic carbocycles. The van der Waals surface area contributed by atoms with Gasteiger partial charge in [0.1, 0.15) is 5.82 Å². The van der Waals surface area contributed by atoms with Gasteiger partial charge in [0.25, 0.3) is 5.56 Å². The molecular weight excluding hydrogens is 387 g/mol. The lowest BCUT2D eigenvalue weighted by atomic mass is 10.0. The third-order valence-corrected chi connectivity index (χ3v) is 4.47. The van der Waals surface area contributed by atoms with Crippen LogP contribution in [0.1, 0.15) is 40.3 Å². The maximum atomic E-state index is 12.9. The van der Waals surface area contributed by atoms with Gasteiger partial charge in [0.15, 0.2) is 0 Å². The highest BCUT2D eigenvalue weighted by molar-refractivity contribution is 5.93.